The van der Waals surface area contributed by atoms with Gasteiger partial charge in [0.2, 0.25) is 0 Å². The van der Waals surface area contributed by atoms with Crippen LogP contribution in [0.2, 0.25) is 0 Å². The summed E-state index contributed by atoms with van der Waals surface area (Å²) >= 11 is 0. The van der Waals surface area contributed by atoms with Crippen molar-refractivity contribution in [2.75, 3.05) is 19.6 Å². The Hall–Kier alpha value is -3.22. The first-order valence-electron chi connectivity index (χ1n) is 10.2. The molecule has 2 aromatic heterocycles. The van der Waals surface area contributed by atoms with Crippen molar-refractivity contribution in [1.29, 1.82) is 0 Å². The molecule has 0 unspecified atom stereocenters. The van der Waals surface area contributed by atoms with Gasteiger partial charge in [0.05, 0.1) is 0 Å². The molecule has 0 radical (unpaired) electrons. The Kier molecular flexibility index (Phi) is 6.14. The summed E-state index contributed by atoms with van der Waals surface area (Å²) in [5.74, 6) is 2.13. The highest BCUT2D eigenvalue weighted by Gasteiger charge is 2.23. The van der Waals surface area contributed by atoms with E-state index in [0.717, 1.165) is 50.2 Å². The van der Waals surface area contributed by atoms with E-state index in [9.17, 15) is 4.79 Å². The van der Waals surface area contributed by atoms with Crippen LogP contribution in [0, 0.1) is 5.92 Å². The van der Waals surface area contributed by atoms with Gasteiger partial charge >= 0.3 is 6.03 Å². The Morgan fingerprint density at radius 2 is 1.86 bits per heavy atom. The Balaban J connectivity index is 1.20. The van der Waals surface area contributed by atoms with E-state index in [4.69, 9.17) is 0 Å². The monoisotopic (exact) mass is 390 g/mol. The number of nitrogens with zero attached hydrogens (tertiary/aromatic N) is 4. The number of nitrogens with one attached hydrogen (secondary N) is 2. The van der Waals surface area contributed by atoms with E-state index in [1.165, 1.54) is 5.56 Å². The summed E-state index contributed by atoms with van der Waals surface area (Å²) in [6, 6.07) is 14.1. The lowest BCUT2D eigenvalue weighted by molar-refractivity contribution is 0.170. The molecule has 0 atom stereocenters. The van der Waals surface area contributed by atoms with E-state index in [0.29, 0.717) is 18.3 Å². The molecule has 2 N–H and O–H groups in total. The fourth-order valence-electron chi connectivity index (χ4n) is 3.70. The summed E-state index contributed by atoms with van der Waals surface area (Å²) in [6.07, 6.45) is 7.17. The zero-order valence-electron chi connectivity index (χ0n) is 16.4. The molecule has 150 valence electrons. The third-order valence-electron chi connectivity index (χ3n) is 5.39. The highest BCUT2D eigenvalue weighted by atomic mass is 16.2. The van der Waals surface area contributed by atoms with Crippen molar-refractivity contribution in [3.05, 3.63) is 66.2 Å². The summed E-state index contributed by atoms with van der Waals surface area (Å²) in [5, 5.41) is 10.4. The lowest BCUT2D eigenvalue weighted by Crippen LogP contribution is -2.45. The van der Waals surface area contributed by atoms with Gasteiger partial charge in [0.15, 0.2) is 5.82 Å². The molecule has 1 aliphatic rings. The Bertz CT molecular complexity index is 903. The number of carbonyl (C=O) groups is 1. The lowest BCUT2D eigenvalue weighted by atomic mass is 9.93. The molecular weight excluding hydrogens is 364 g/mol. The molecule has 0 spiro atoms. The third kappa shape index (κ3) is 5.19. The Morgan fingerprint density at radius 3 is 2.62 bits per heavy atom. The maximum absolute atomic E-state index is 12.4. The number of rotatable bonds is 6. The van der Waals surface area contributed by atoms with Crippen molar-refractivity contribution in [1.82, 2.24) is 30.4 Å². The predicted molar refractivity (Wildman–Crippen MR) is 111 cm³/mol. The highest BCUT2D eigenvalue weighted by molar-refractivity contribution is 5.74. The fraction of sp³-hybridized carbons (Fsp3) is 0.364. The Morgan fingerprint density at radius 1 is 1.10 bits per heavy atom. The van der Waals surface area contributed by atoms with Crippen LogP contribution in [0.15, 0.2) is 54.9 Å². The van der Waals surface area contributed by atoms with Crippen molar-refractivity contribution in [2.45, 2.75) is 25.7 Å². The minimum atomic E-state index is 0.0408. The van der Waals surface area contributed by atoms with E-state index in [1.807, 2.05) is 35.2 Å². The van der Waals surface area contributed by atoms with E-state index in [-0.39, 0.29) is 6.03 Å². The second kappa shape index (κ2) is 9.32. The van der Waals surface area contributed by atoms with Crippen LogP contribution in [0.25, 0.3) is 11.4 Å². The van der Waals surface area contributed by atoms with Crippen LogP contribution < -0.4 is 5.32 Å². The minimum absolute atomic E-state index is 0.0408. The average molecular weight is 390 g/mol. The Labute approximate surface area is 170 Å². The van der Waals surface area contributed by atoms with Gasteiger partial charge in [-0.3, -0.25) is 10.1 Å². The number of H-pyrrole nitrogens is 1. The molecule has 7 nitrogen and oxygen atoms in total. The maximum atomic E-state index is 12.4. The fourth-order valence-corrected chi connectivity index (χ4v) is 3.70. The molecule has 3 aromatic rings. The second-order valence-electron chi connectivity index (χ2n) is 7.44. The van der Waals surface area contributed by atoms with Crippen LogP contribution in [-0.4, -0.2) is 50.7 Å². The lowest BCUT2D eigenvalue weighted by Gasteiger charge is -2.31. The number of urea groups is 1. The molecule has 4 rings (SSSR count). The largest absolute Gasteiger partial charge is 0.338 e. The molecule has 2 amide bonds. The molecule has 0 bridgehead atoms. The number of piperidine rings is 1. The smallest absolute Gasteiger partial charge is 0.317 e. The van der Waals surface area contributed by atoms with Gasteiger partial charge in [0.25, 0.3) is 0 Å². The number of pyridine rings is 1. The molecule has 29 heavy (non-hydrogen) atoms. The first kappa shape index (κ1) is 19.1. The number of benzene rings is 1. The minimum Gasteiger partial charge on any atom is -0.338 e. The van der Waals surface area contributed by atoms with Gasteiger partial charge in [-0.15, -0.1) is 0 Å². The van der Waals surface area contributed by atoms with Crippen LogP contribution in [0.5, 0.6) is 0 Å². The number of hydrogen-bond acceptors (Lipinski definition) is 4. The predicted octanol–water partition coefficient (Wildman–Crippen LogP) is 3.07. The molecule has 1 aromatic carbocycles. The van der Waals surface area contributed by atoms with E-state index in [1.54, 1.807) is 12.4 Å². The van der Waals surface area contributed by atoms with Gasteiger partial charge in [0.1, 0.15) is 5.82 Å². The summed E-state index contributed by atoms with van der Waals surface area (Å²) in [7, 11) is 0. The maximum Gasteiger partial charge on any atom is 0.317 e. The summed E-state index contributed by atoms with van der Waals surface area (Å²) in [6.45, 7) is 2.24. The number of aromatic amines is 1. The zero-order valence-corrected chi connectivity index (χ0v) is 16.4. The van der Waals surface area contributed by atoms with Gasteiger partial charge in [-0.25, -0.2) is 9.78 Å². The molecule has 0 saturated carbocycles. The summed E-state index contributed by atoms with van der Waals surface area (Å²) in [4.78, 5) is 22.9. The molecule has 1 aliphatic heterocycles. The summed E-state index contributed by atoms with van der Waals surface area (Å²) in [5.41, 5.74) is 2.20. The van der Waals surface area contributed by atoms with Gasteiger partial charge in [-0.1, -0.05) is 30.3 Å². The van der Waals surface area contributed by atoms with Crippen LogP contribution >= 0.6 is 0 Å². The quantitative estimate of drug-likeness (QED) is 0.677. The molecule has 0 aliphatic carbocycles. The standard InChI is InChI=1S/C22H26N6O/c29-22(24-13-6-17-4-2-1-3-5-17)28-14-9-18(10-15-28)16-20-25-21(27-26-20)19-7-11-23-12-8-19/h1-5,7-8,11-12,18H,6,9-10,13-16H2,(H,24,29)(H,25,26,27). The molecular formula is C22H26N6O. The molecule has 7 heteroatoms. The van der Waals surface area contributed by atoms with Crippen LogP contribution in [0.1, 0.15) is 24.2 Å². The number of likely N-dealkylation sites (tertiary alicyclic amines) is 1. The van der Waals surface area contributed by atoms with Gasteiger partial charge in [-0.05, 0) is 42.9 Å². The van der Waals surface area contributed by atoms with E-state index < -0.39 is 0 Å². The van der Waals surface area contributed by atoms with Gasteiger partial charge in [-0.2, -0.15) is 5.10 Å². The van der Waals surface area contributed by atoms with Gasteiger partial charge in [0, 0.05) is 44.0 Å². The van der Waals surface area contributed by atoms with Crippen LogP contribution in [-0.2, 0) is 12.8 Å². The molecule has 1 fully saturated rings. The molecule has 3 heterocycles. The summed E-state index contributed by atoms with van der Waals surface area (Å²) < 4.78 is 0. The topological polar surface area (TPSA) is 86.8 Å². The highest BCUT2D eigenvalue weighted by Crippen LogP contribution is 2.21. The van der Waals surface area contributed by atoms with Crippen molar-refractivity contribution in [2.24, 2.45) is 5.92 Å². The average Bonchev–Trinajstić information content (AvgIpc) is 3.24. The van der Waals surface area contributed by atoms with Crippen LogP contribution in [0.4, 0.5) is 4.79 Å². The van der Waals surface area contributed by atoms with Crippen molar-refractivity contribution < 1.29 is 4.79 Å². The third-order valence-corrected chi connectivity index (χ3v) is 5.39. The first-order chi connectivity index (χ1) is 14.3. The number of aromatic nitrogens is 4. The zero-order chi connectivity index (χ0) is 19.9. The number of amides is 2. The first-order valence-corrected chi connectivity index (χ1v) is 10.2. The van der Waals surface area contributed by atoms with E-state index in [2.05, 4.69) is 37.6 Å². The van der Waals surface area contributed by atoms with Crippen molar-refractivity contribution in [3.8, 4) is 11.4 Å². The van der Waals surface area contributed by atoms with Crippen molar-refractivity contribution in [3.63, 3.8) is 0 Å². The number of carbonyl (C=O) groups excluding carboxylic acids is 1. The second-order valence-corrected chi connectivity index (χ2v) is 7.44. The normalized spacial score (nSPS) is 14.7. The van der Waals surface area contributed by atoms with Crippen molar-refractivity contribution >= 4 is 6.03 Å². The van der Waals surface area contributed by atoms with E-state index >= 15 is 0 Å². The SMILES string of the molecule is O=C(NCCc1ccccc1)N1CCC(Cc2nc(-c3ccncc3)n[nH]2)CC1. The number of hydrogen-bond donors (Lipinski definition) is 2. The van der Waals surface area contributed by atoms with Gasteiger partial charge < -0.3 is 10.2 Å². The van der Waals surface area contributed by atoms with Crippen LogP contribution in [0.3, 0.4) is 0 Å². The molecule has 1 saturated heterocycles.